The van der Waals surface area contributed by atoms with Crippen LogP contribution in [0.2, 0.25) is 5.02 Å². The van der Waals surface area contributed by atoms with E-state index in [9.17, 15) is 4.79 Å². The van der Waals surface area contributed by atoms with E-state index in [1.165, 1.54) is 6.42 Å². The van der Waals surface area contributed by atoms with Gasteiger partial charge in [-0.3, -0.25) is 4.79 Å². The Morgan fingerprint density at radius 3 is 2.57 bits per heavy atom. The van der Waals surface area contributed by atoms with Gasteiger partial charge in [-0.1, -0.05) is 34.0 Å². The van der Waals surface area contributed by atoms with Crippen LogP contribution in [0.4, 0.5) is 0 Å². The van der Waals surface area contributed by atoms with Crippen molar-refractivity contribution in [3.63, 3.8) is 0 Å². The van der Waals surface area contributed by atoms with Crippen molar-refractivity contribution in [1.82, 2.24) is 0 Å². The van der Waals surface area contributed by atoms with Crippen LogP contribution < -0.4 is 0 Å². The van der Waals surface area contributed by atoms with Crippen LogP contribution >= 0.6 is 27.5 Å². The number of halogens is 2. The molecule has 1 aromatic carbocycles. The molecule has 0 unspecified atom stereocenters. The van der Waals surface area contributed by atoms with Crippen LogP contribution in [-0.2, 0) is 0 Å². The van der Waals surface area contributed by atoms with Crippen LogP contribution in [0.15, 0.2) is 22.7 Å². The number of rotatable bonds is 2. The monoisotopic (exact) mass is 272 g/mol. The standard InChI is InChI=1S/C11H10BrClO/c12-9-4-8(5-10(13)6-9)11(14)7-2-1-3-7/h4-7H,1-3H2. The quantitative estimate of drug-likeness (QED) is 0.742. The normalized spacial score (nSPS) is 16.4. The second-order valence-electron chi connectivity index (χ2n) is 3.65. The van der Waals surface area contributed by atoms with Gasteiger partial charge in [-0.2, -0.15) is 0 Å². The van der Waals surface area contributed by atoms with Crippen LogP contribution in [0.3, 0.4) is 0 Å². The molecule has 0 heterocycles. The molecule has 1 saturated carbocycles. The first-order chi connectivity index (χ1) is 6.66. The highest BCUT2D eigenvalue weighted by atomic mass is 79.9. The summed E-state index contributed by atoms with van der Waals surface area (Å²) in [5.74, 6) is 0.472. The maximum atomic E-state index is 11.9. The molecule has 0 spiro atoms. The van der Waals surface area contributed by atoms with E-state index in [1.807, 2.05) is 6.07 Å². The van der Waals surface area contributed by atoms with E-state index >= 15 is 0 Å². The van der Waals surface area contributed by atoms with Crippen molar-refractivity contribution in [2.45, 2.75) is 19.3 Å². The van der Waals surface area contributed by atoms with Crippen LogP contribution in [0.25, 0.3) is 0 Å². The third kappa shape index (κ3) is 2.01. The molecule has 1 aliphatic rings. The predicted molar refractivity (Wildman–Crippen MR) is 60.8 cm³/mol. The molecule has 14 heavy (non-hydrogen) atoms. The Morgan fingerprint density at radius 1 is 1.36 bits per heavy atom. The highest BCUT2D eigenvalue weighted by molar-refractivity contribution is 9.10. The lowest BCUT2D eigenvalue weighted by atomic mass is 9.80. The Kier molecular flexibility index (Phi) is 2.93. The fourth-order valence-corrected chi connectivity index (χ4v) is 2.46. The number of hydrogen-bond donors (Lipinski definition) is 0. The summed E-state index contributed by atoms with van der Waals surface area (Å²) in [6.45, 7) is 0. The minimum atomic E-state index is 0.236. The minimum Gasteiger partial charge on any atom is -0.294 e. The summed E-state index contributed by atoms with van der Waals surface area (Å²) in [5, 5.41) is 0.613. The van der Waals surface area contributed by atoms with E-state index in [1.54, 1.807) is 12.1 Å². The molecule has 0 saturated heterocycles. The van der Waals surface area contributed by atoms with Crippen molar-refractivity contribution in [3.05, 3.63) is 33.3 Å². The van der Waals surface area contributed by atoms with Gasteiger partial charge >= 0.3 is 0 Å². The lowest BCUT2D eigenvalue weighted by molar-refractivity contribution is 0.0855. The van der Waals surface area contributed by atoms with E-state index in [0.29, 0.717) is 5.02 Å². The van der Waals surface area contributed by atoms with Gasteiger partial charge in [-0.15, -0.1) is 0 Å². The van der Waals surface area contributed by atoms with Gasteiger partial charge in [0.2, 0.25) is 0 Å². The van der Waals surface area contributed by atoms with E-state index in [0.717, 1.165) is 22.9 Å². The molecule has 0 atom stereocenters. The zero-order chi connectivity index (χ0) is 10.1. The first-order valence-corrected chi connectivity index (χ1v) is 5.84. The van der Waals surface area contributed by atoms with Crippen molar-refractivity contribution in [2.75, 3.05) is 0 Å². The van der Waals surface area contributed by atoms with Crippen LogP contribution in [0, 0.1) is 5.92 Å². The van der Waals surface area contributed by atoms with Crippen molar-refractivity contribution in [2.24, 2.45) is 5.92 Å². The van der Waals surface area contributed by atoms with Crippen LogP contribution in [0.5, 0.6) is 0 Å². The lowest BCUT2D eigenvalue weighted by Crippen LogP contribution is -2.21. The van der Waals surface area contributed by atoms with Crippen LogP contribution in [0.1, 0.15) is 29.6 Å². The zero-order valence-corrected chi connectivity index (χ0v) is 9.94. The highest BCUT2D eigenvalue weighted by Crippen LogP contribution is 2.31. The first-order valence-electron chi connectivity index (χ1n) is 4.67. The topological polar surface area (TPSA) is 17.1 Å². The van der Waals surface area contributed by atoms with Crippen molar-refractivity contribution < 1.29 is 4.79 Å². The number of hydrogen-bond acceptors (Lipinski definition) is 1. The fourth-order valence-electron chi connectivity index (χ4n) is 1.60. The summed E-state index contributed by atoms with van der Waals surface area (Å²) in [4.78, 5) is 11.9. The molecular weight excluding hydrogens is 263 g/mol. The smallest absolute Gasteiger partial charge is 0.166 e. The zero-order valence-electron chi connectivity index (χ0n) is 7.59. The SMILES string of the molecule is O=C(c1cc(Cl)cc(Br)c1)C1CCC1. The van der Waals surface area contributed by atoms with Gasteiger partial charge in [0.25, 0.3) is 0 Å². The molecule has 0 amide bonds. The van der Waals surface area contributed by atoms with Crippen molar-refractivity contribution in [1.29, 1.82) is 0 Å². The van der Waals surface area contributed by atoms with E-state index < -0.39 is 0 Å². The summed E-state index contributed by atoms with van der Waals surface area (Å²) in [5.41, 5.74) is 0.731. The molecule has 1 aliphatic carbocycles. The molecule has 1 fully saturated rings. The van der Waals surface area contributed by atoms with Gasteiger partial charge in [-0.25, -0.2) is 0 Å². The maximum Gasteiger partial charge on any atom is 0.166 e. The van der Waals surface area contributed by atoms with E-state index in [2.05, 4.69) is 15.9 Å². The number of benzene rings is 1. The molecule has 2 rings (SSSR count). The van der Waals surface area contributed by atoms with Gasteiger partial charge in [0.15, 0.2) is 5.78 Å². The van der Waals surface area contributed by atoms with Crippen molar-refractivity contribution in [3.8, 4) is 0 Å². The molecule has 0 N–H and O–H groups in total. The summed E-state index contributed by atoms with van der Waals surface area (Å²) >= 11 is 9.21. The van der Waals surface area contributed by atoms with Crippen LogP contribution in [-0.4, -0.2) is 5.78 Å². The number of Topliss-reactive ketones (excluding diaryl/α,β-unsaturated/α-hetero) is 1. The Balaban J connectivity index is 2.26. The molecule has 74 valence electrons. The van der Waals surface area contributed by atoms with E-state index in [4.69, 9.17) is 11.6 Å². The number of carbonyl (C=O) groups excluding carboxylic acids is 1. The van der Waals surface area contributed by atoms with Gasteiger partial charge in [0, 0.05) is 21.0 Å². The lowest BCUT2D eigenvalue weighted by Gasteiger charge is -2.23. The summed E-state index contributed by atoms with van der Waals surface area (Å²) in [6, 6.07) is 5.37. The first kappa shape index (κ1) is 10.2. The Morgan fingerprint density at radius 2 is 2.07 bits per heavy atom. The minimum absolute atomic E-state index is 0.236. The highest BCUT2D eigenvalue weighted by Gasteiger charge is 2.26. The summed E-state index contributed by atoms with van der Waals surface area (Å²) in [7, 11) is 0. The molecule has 3 heteroatoms. The Bertz CT molecular complexity index is 351. The summed E-state index contributed by atoms with van der Waals surface area (Å²) < 4.78 is 0.868. The molecule has 0 aliphatic heterocycles. The molecule has 0 aromatic heterocycles. The second kappa shape index (κ2) is 4.03. The molecule has 1 aromatic rings. The number of ketones is 1. The third-order valence-electron chi connectivity index (χ3n) is 2.62. The van der Waals surface area contributed by atoms with Crippen molar-refractivity contribution >= 4 is 33.3 Å². The predicted octanol–water partition coefficient (Wildman–Crippen LogP) is 4.09. The molecular formula is C11H10BrClO. The van der Waals surface area contributed by atoms with Gasteiger partial charge in [-0.05, 0) is 31.0 Å². The van der Waals surface area contributed by atoms with Gasteiger partial charge in [0.05, 0.1) is 0 Å². The van der Waals surface area contributed by atoms with Gasteiger partial charge < -0.3 is 0 Å². The molecule has 0 radical (unpaired) electrons. The second-order valence-corrected chi connectivity index (χ2v) is 5.00. The Labute approximate surface area is 96.6 Å². The maximum absolute atomic E-state index is 11.9. The fraction of sp³-hybridized carbons (Fsp3) is 0.364. The Hall–Kier alpha value is -0.340. The van der Waals surface area contributed by atoms with Gasteiger partial charge in [0.1, 0.15) is 0 Å². The molecule has 0 bridgehead atoms. The average Bonchev–Trinajstić information content (AvgIpc) is 1.98. The number of carbonyl (C=O) groups is 1. The third-order valence-corrected chi connectivity index (χ3v) is 3.30. The average molecular weight is 274 g/mol. The molecule has 1 nitrogen and oxygen atoms in total. The van der Waals surface area contributed by atoms with E-state index in [-0.39, 0.29) is 11.7 Å². The summed E-state index contributed by atoms with van der Waals surface area (Å²) in [6.07, 6.45) is 3.24. The largest absolute Gasteiger partial charge is 0.294 e.